The lowest BCUT2D eigenvalue weighted by Gasteiger charge is -2.28. The van der Waals surface area contributed by atoms with Crippen molar-refractivity contribution >= 4 is 17.5 Å². The number of hydrogen-bond donors (Lipinski definition) is 0. The first kappa shape index (κ1) is 11.3. The van der Waals surface area contributed by atoms with Crippen LogP contribution in [-0.2, 0) is 4.79 Å². The van der Waals surface area contributed by atoms with E-state index >= 15 is 0 Å². The third kappa shape index (κ3) is 2.15. The van der Waals surface area contributed by atoms with E-state index in [1.54, 1.807) is 0 Å². The van der Waals surface area contributed by atoms with Gasteiger partial charge in [0.2, 0.25) is 5.91 Å². The minimum atomic E-state index is -0.0544. The van der Waals surface area contributed by atoms with E-state index in [4.69, 9.17) is 11.6 Å². The third-order valence-corrected chi connectivity index (χ3v) is 4.45. The van der Waals surface area contributed by atoms with Gasteiger partial charge in [0.25, 0.3) is 0 Å². The molecule has 1 saturated carbocycles. The summed E-state index contributed by atoms with van der Waals surface area (Å²) in [6.07, 6.45) is 5.68. The lowest BCUT2D eigenvalue weighted by Crippen LogP contribution is -2.39. The Morgan fingerprint density at radius 3 is 2.67 bits per heavy atom. The van der Waals surface area contributed by atoms with Gasteiger partial charge in [-0.25, -0.2) is 0 Å². The molecule has 1 unspecified atom stereocenters. The fraction of sp³-hybridized carbons (Fsp3) is 0.917. The highest BCUT2D eigenvalue weighted by Gasteiger charge is 2.40. The van der Waals surface area contributed by atoms with Gasteiger partial charge in [-0.05, 0) is 25.2 Å². The van der Waals surface area contributed by atoms with Crippen molar-refractivity contribution in [2.45, 2.75) is 39.0 Å². The summed E-state index contributed by atoms with van der Waals surface area (Å²) < 4.78 is 0. The van der Waals surface area contributed by atoms with Crippen molar-refractivity contribution in [2.75, 3.05) is 19.0 Å². The second kappa shape index (κ2) is 4.32. The molecule has 0 radical (unpaired) electrons. The largest absolute Gasteiger partial charge is 0.342 e. The van der Waals surface area contributed by atoms with Gasteiger partial charge in [0.1, 0.15) is 0 Å². The Morgan fingerprint density at radius 1 is 1.47 bits per heavy atom. The number of hydrogen-bond acceptors (Lipinski definition) is 1. The smallest absolute Gasteiger partial charge is 0.228 e. The number of carbonyl (C=O) groups excluding carboxylic acids is 1. The van der Waals surface area contributed by atoms with E-state index in [9.17, 15) is 4.79 Å². The first-order chi connectivity index (χ1) is 7.15. The van der Waals surface area contributed by atoms with Crippen molar-refractivity contribution in [1.29, 1.82) is 0 Å². The Balaban J connectivity index is 1.96. The standard InChI is InChI=1S/C12H20ClNO/c1-12(5-2-3-6-12)11(15)14-7-4-10(8-13)9-14/h10H,2-9H2,1H3. The van der Waals surface area contributed by atoms with Crippen molar-refractivity contribution in [3.05, 3.63) is 0 Å². The predicted molar refractivity (Wildman–Crippen MR) is 62.0 cm³/mol. The summed E-state index contributed by atoms with van der Waals surface area (Å²) in [5.41, 5.74) is -0.0544. The summed E-state index contributed by atoms with van der Waals surface area (Å²) >= 11 is 5.83. The van der Waals surface area contributed by atoms with E-state index in [1.807, 2.05) is 4.90 Å². The quantitative estimate of drug-likeness (QED) is 0.667. The first-order valence-electron chi connectivity index (χ1n) is 6.01. The second-order valence-electron chi connectivity index (χ2n) is 5.33. The van der Waals surface area contributed by atoms with E-state index in [0.717, 1.165) is 32.4 Å². The molecule has 15 heavy (non-hydrogen) atoms. The van der Waals surface area contributed by atoms with Gasteiger partial charge in [-0.3, -0.25) is 4.79 Å². The molecule has 0 aromatic carbocycles. The lowest BCUT2D eigenvalue weighted by atomic mass is 9.87. The topological polar surface area (TPSA) is 20.3 Å². The van der Waals surface area contributed by atoms with Crippen LogP contribution in [0.4, 0.5) is 0 Å². The highest BCUT2D eigenvalue weighted by molar-refractivity contribution is 6.18. The number of rotatable bonds is 2. The average molecular weight is 230 g/mol. The molecule has 1 atom stereocenters. The summed E-state index contributed by atoms with van der Waals surface area (Å²) in [6.45, 7) is 3.94. The third-order valence-electron chi connectivity index (χ3n) is 4.01. The van der Waals surface area contributed by atoms with Gasteiger partial charge in [-0.1, -0.05) is 19.8 Å². The molecule has 2 nitrogen and oxygen atoms in total. The maximum Gasteiger partial charge on any atom is 0.228 e. The van der Waals surface area contributed by atoms with Crippen molar-refractivity contribution in [3.8, 4) is 0 Å². The molecule has 0 N–H and O–H groups in total. The highest BCUT2D eigenvalue weighted by atomic mass is 35.5. The van der Waals surface area contributed by atoms with E-state index in [1.165, 1.54) is 12.8 Å². The predicted octanol–water partition coefficient (Wildman–Crippen LogP) is 2.65. The Morgan fingerprint density at radius 2 is 2.13 bits per heavy atom. The Bertz CT molecular complexity index is 248. The zero-order valence-corrected chi connectivity index (χ0v) is 10.2. The number of carbonyl (C=O) groups is 1. The molecule has 0 bridgehead atoms. The summed E-state index contributed by atoms with van der Waals surface area (Å²) in [7, 11) is 0. The van der Waals surface area contributed by atoms with E-state index in [2.05, 4.69) is 6.92 Å². The molecule has 1 heterocycles. The molecule has 2 aliphatic rings. The van der Waals surface area contributed by atoms with Crippen molar-refractivity contribution in [2.24, 2.45) is 11.3 Å². The summed E-state index contributed by atoms with van der Waals surface area (Å²) in [5, 5.41) is 0. The second-order valence-corrected chi connectivity index (χ2v) is 5.64. The monoisotopic (exact) mass is 229 g/mol. The molecular formula is C12H20ClNO. The average Bonchev–Trinajstić information content (AvgIpc) is 2.85. The van der Waals surface area contributed by atoms with E-state index < -0.39 is 0 Å². The van der Waals surface area contributed by atoms with E-state index in [0.29, 0.717) is 17.7 Å². The van der Waals surface area contributed by atoms with Gasteiger partial charge >= 0.3 is 0 Å². The SMILES string of the molecule is CC1(C(=O)N2CCC(CCl)C2)CCCC1. The molecule has 3 heteroatoms. The molecule has 1 amide bonds. The maximum atomic E-state index is 12.3. The molecule has 1 aliphatic heterocycles. The number of halogens is 1. The fourth-order valence-corrected chi connectivity index (χ4v) is 3.15. The van der Waals surface area contributed by atoms with Crippen LogP contribution in [-0.4, -0.2) is 29.8 Å². The zero-order chi connectivity index (χ0) is 10.9. The lowest BCUT2D eigenvalue weighted by molar-refractivity contribution is -0.139. The van der Waals surface area contributed by atoms with Crippen LogP contribution in [0.15, 0.2) is 0 Å². The van der Waals surface area contributed by atoms with Crippen LogP contribution in [0.2, 0.25) is 0 Å². The Labute approximate surface area is 97.0 Å². The summed E-state index contributed by atoms with van der Waals surface area (Å²) in [4.78, 5) is 14.4. The molecule has 1 aliphatic carbocycles. The summed E-state index contributed by atoms with van der Waals surface area (Å²) in [5.74, 6) is 1.61. The van der Waals surface area contributed by atoms with Crippen LogP contribution < -0.4 is 0 Å². The van der Waals surface area contributed by atoms with Crippen LogP contribution in [0.3, 0.4) is 0 Å². The van der Waals surface area contributed by atoms with Crippen molar-refractivity contribution in [1.82, 2.24) is 4.90 Å². The fourth-order valence-electron chi connectivity index (χ4n) is 2.89. The number of nitrogens with zero attached hydrogens (tertiary/aromatic N) is 1. The van der Waals surface area contributed by atoms with Crippen LogP contribution in [0.25, 0.3) is 0 Å². The van der Waals surface area contributed by atoms with Gasteiger partial charge < -0.3 is 4.90 Å². The minimum Gasteiger partial charge on any atom is -0.342 e. The highest BCUT2D eigenvalue weighted by Crippen LogP contribution is 2.40. The Hall–Kier alpha value is -0.240. The number of alkyl halides is 1. The number of amides is 1. The molecule has 0 aromatic heterocycles. The first-order valence-corrected chi connectivity index (χ1v) is 6.54. The van der Waals surface area contributed by atoms with Gasteiger partial charge in [-0.2, -0.15) is 0 Å². The van der Waals surface area contributed by atoms with Gasteiger partial charge in [0.05, 0.1) is 0 Å². The molecule has 1 saturated heterocycles. The normalized spacial score (nSPS) is 29.7. The zero-order valence-electron chi connectivity index (χ0n) is 9.47. The molecule has 86 valence electrons. The van der Waals surface area contributed by atoms with Crippen molar-refractivity contribution < 1.29 is 4.79 Å². The molecule has 2 fully saturated rings. The van der Waals surface area contributed by atoms with Crippen LogP contribution in [0.5, 0.6) is 0 Å². The van der Waals surface area contributed by atoms with Crippen LogP contribution in [0, 0.1) is 11.3 Å². The number of likely N-dealkylation sites (tertiary alicyclic amines) is 1. The molecular weight excluding hydrogens is 210 g/mol. The van der Waals surface area contributed by atoms with Crippen LogP contribution in [0.1, 0.15) is 39.0 Å². The molecule has 0 aromatic rings. The Kier molecular flexibility index (Phi) is 3.24. The van der Waals surface area contributed by atoms with Crippen molar-refractivity contribution in [3.63, 3.8) is 0 Å². The van der Waals surface area contributed by atoms with Gasteiger partial charge in [-0.15, -0.1) is 11.6 Å². The van der Waals surface area contributed by atoms with Gasteiger partial charge in [0.15, 0.2) is 0 Å². The minimum absolute atomic E-state index is 0.0544. The van der Waals surface area contributed by atoms with Gasteiger partial charge in [0, 0.05) is 24.4 Å². The molecule has 2 rings (SSSR count). The summed E-state index contributed by atoms with van der Waals surface area (Å²) in [6, 6.07) is 0. The van der Waals surface area contributed by atoms with Crippen LogP contribution >= 0.6 is 11.6 Å². The maximum absolute atomic E-state index is 12.3. The molecule has 0 spiro atoms. The van der Waals surface area contributed by atoms with E-state index in [-0.39, 0.29) is 5.41 Å².